The van der Waals surface area contributed by atoms with Crippen LogP contribution in [0.1, 0.15) is 50.5 Å². The summed E-state index contributed by atoms with van der Waals surface area (Å²) in [5, 5.41) is 16.3. The zero-order chi connectivity index (χ0) is 20.1. The minimum atomic E-state index is -0.185. The van der Waals surface area contributed by atoms with E-state index < -0.39 is 0 Å². The smallest absolute Gasteiger partial charge is 0.272 e. The minimum Gasteiger partial charge on any atom is -0.351 e. The van der Waals surface area contributed by atoms with E-state index in [-0.39, 0.29) is 11.8 Å². The van der Waals surface area contributed by atoms with Gasteiger partial charge in [0, 0.05) is 56.0 Å². The van der Waals surface area contributed by atoms with Gasteiger partial charge in [0.1, 0.15) is 0 Å². The molecule has 2 aromatic rings. The molecular weight excluding hydrogens is 368 g/mol. The van der Waals surface area contributed by atoms with Gasteiger partial charge in [-0.3, -0.25) is 14.7 Å². The van der Waals surface area contributed by atoms with E-state index in [0.29, 0.717) is 30.9 Å². The molecule has 1 aromatic carbocycles. The second-order valence-electron chi connectivity index (χ2n) is 7.64. The minimum absolute atomic E-state index is 0.0598. The van der Waals surface area contributed by atoms with Crippen LogP contribution in [0.5, 0.6) is 0 Å². The highest BCUT2D eigenvalue weighted by molar-refractivity contribution is 5.94. The molecule has 0 unspecified atom stereocenters. The van der Waals surface area contributed by atoms with Crippen molar-refractivity contribution in [2.75, 3.05) is 32.7 Å². The van der Waals surface area contributed by atoms with Gasteiger partial charge < -0.3 is 20.9 Å². The topological polar surface area (TPSA) is 102 Å². The number of aromatic nitrogens is 2. The number of nitrogens with zero attached hydrogens (tertiary/aromatic N) is 2. The SMILES string of the molecule is O=C(NCCN1CCCC1)c1ccc(CNC(=O)c2n[nH]c3c2CNCC3)cc1. The predicted octanol–water partition coefficient (Wildman–Crippen LogP) is 0.811. The molecule has 4 rings (SSSR count). The first-order valence-corrected chi connectivity index (χ1v) is 10.4. The summed E-state index contributed by atoms with van der Waals surface area (Å²) in [6.45, 7) is 5.79. The highest BCUT2D eigenvalue weighted by Gasteiger charge is 2.21. The van der Waals surface area contributed by atoms with Gasteiger partial charge in [0.05, 0.1) is 0 Å². The van der Waals surface area contributed by atoms with Crippen molar-refractivity contribution >= 4 is 11.8 Å². The third-order valence-corrected chi connectivity index (χ3v) is 5.60. The Kier molecular flexibility index (Phi) is 6.21. The molecule has 8 heteroatoms. The molecule has 2 aliphatic heterocycles. The Morgan fingerprint density at radius 1 is 1.07 bits per heavy atom. The lowest BCUT2D eigenvalue weighted by Crippen LogP contribution is -2.33. The quantitative estimate of drug-likeness (QED) is 0.555. The number of amides is 2. The number of nitrogens with one attached hydrogen (secondary N) is 4. The van der Waals surface area contributed by atoms with Crippen LogP contribution in [0.3, 0.4) is 0 Å². The summed E-state index contributed by atoms with van der Waals surface area (Å²) >= 11 is 0. The van der Waals surface area contributed by atoms with Gasteiger partial charge in [-0.05, 0) is 43.6 Å². The highest BCUT2D eigenvalue weighted by Crippen LogP contribution is 2.15. The van der Waals surface area contributed by atoms with Crippen LogP contribution in [-0.2, 0) is 19.5 Å². The molecule has 0 aliphatic carbocycles. The summed E-state index contributed by atoms with van der Waals surface area (Å²) < 4.78 is 0. The monoisotopic (exact) mass is 396 g/mol. The summed E-state index contributed by atoms with van der Waals surface area (Å²) in [5.41, 5.74) is 4.02. The van der Waals surface area contributed by atoms with Gasteiger partial charge in [0.2, 0.25) is 0 Å². The lowest BCUT2D eigenvalue weighted by molar-refractivity contribution is 0.0937. The summed E-state index contributed by atoms with van der Waals surface area (Å²) in [6.07, 6.45) is 3.37. The number of likely N-dealkylation sites (tertiary alicyclic amines) is 1. The zero-order valence-electron chi connectivity index (χ0n) is 16.6. The largest absolute Gasteiger partial charge is 0.351 e. The molecule has 154 valence electrons. The Morgan fingerprint density at radius 3 is 2.66 bits per heavy atom. The van der Waals surface area contributed by atoms with E-state index in [2.05, 4.69) is 31.0 Å². The van der Waals surface area contributed by atoms with Crippen molar-refractivity contribution in [1.29, 1.82) is 0 Å². The van der Waals surface area contributed by atoms with Crippen molar-refractivity contribution in [2.24, 2.45) is 0 Å². The number of aromatic amines is 1. The first-order valence-electron chi connectivity index (χ1n) is 10.4. The summed E-state index contributed by atoms with van der Waals surface area (Å²) in [4.78, 5) is 27.1. The standard InChI is InChI=1S/C21H28N6O2/c28-20(23-9-12-27-10-1-2-11-27)16-5-3-15(4-6-16)13-24-21(29)19-17-14-22-8-7-18(17)25-26-19/h3-6,22H,1-2,7-14H2,(H,23,28)(H,24,29)(H,25,26). The number of carbonyl (C=O) groups excluding carboxylic acids is 2. The molecule has 0 bridgehead atoms. The molecular formula is C21H28N6O2. The zero-order valence-corrected chi connectivity index (χ0v) is 16.6. The van der Waals surface area contributed by atoms with Crippen LogP contribution >= 0.6 is 0 Å². The van der Waals surface area contributed by atoms with Crippen molar-refractivity contribution < 1.29 is 9.59 Å². The number of rotatable bonds is 7. The Hall–Kier alpha value is -2.71. The Balaban J connectivity index is 1.25. The van der Waals surface area contributed by atoms with E-state index in [9.17, 15) is 9.59 Å². The van der Waals surface area contributed by atoms with Crippen molar-refractivity contribution in [3.05, 3.63) is 52.3 Å². The third-order valence-electron chi connectivity index (χ3n) is 5.60. The summed E-state index contributed by atoms with van der Waals surface area (Å²) in [5.74, 6) is -0.245. The van der Waals surface area contributed by atoms with E-state index in [1.165, 1.54) is 12.8 Å². The van der Waals surface area contributed by atoms with Crippen LogP contribution in [0.15, 0.2) is 24.3 Å². The number of benzene rings is 1. The van der Waals surface area contributed by atoms with Gasteiger partial charge in [-0.15, -0.1) is 0 Å². The molecule has 1 aromatic heterocycles. The molecule has 1 fully saturated rings. The molecule has 0 radical (unpaired) electrons. The first kappa shape index (κ1) is 19.6. The van der Waals surface area contributed by atoms with Gasteiger partial charge in [-0.1, -0.05) is 12.1 Å². The number of carbonyl (C=O) groups is 2. The number of hydrogen-bond acceptors (Lipinski definition) is 5. The predicted molar refractivity (Wildman–Crippen MR) is 110 cm³/mol. The van der Waals surface area contributed by atoms with Gasteiger partial charge in [0.15, 0.2) is 5.69 Å². The fourth-order valence-electron chi connectivity index (χ4n) is 3.89. The first-order chi connectivity index (χ1) is 14.2. The molecule has 0 atom stereocenters. The van der Waals surface area contributed by atoms with Gasteiger partial charge in [-0.25, -0.2) is 0 Å². The summed E-state index contributed by atoms with van der Waals surface area (Å²) in [6, 6.07) is 7.34. The van der Waals surface area contributed by atoms with Crippen molar-refractivity contribution in [2.45, 2.75) is 32.4 Å². The van der Waals surface area contributed by atoms with Gasteiger partial charge in [0.25, 0.3) is 11.8 Å². The fraction of sp³-hybridized carbons (Fsp3) is 0.476. The Labute approximate surface area is 170 Å². The average molecular weight is 396 g/mol. The van der Waals surface area contributed by atoms with E-state index in [1.807, 2.05) is 12.1 Å². The second-order valence-corrected chi connectivity index (χ2v) is 7.64. The van der Waals surface area contributed by atoms with Gasteiger partial charge >= 0.3 is 0 Å². The molecule has 29 heavy (non-hydrogen) atoms. The Morgan fingerprint density at radius 2 is 1.86 bits per heavy atom. The van der Waals surface area contributed by atoms with Crippen LogP contribution < -0.4 is 16.0 Å². The number of H-pyrrole nitrogens is 1. The van der Waals surface area contributed by atoms with Crippen molar-refractivity contribution in [1.82, 2.24) is 31.0 Å². The Bertz CT molecular complexity index is 855. The van der Waals surface area contributed by atoms with Crippen molar-refractivity contribution in [3.63, 3.8) is 0 Å². The second kappa shape index (κ2) is 9.19. The molecule has 1 saturated heterocycles. The maximum atomic E-state index is 12.5. The normalized spacial score (nSPS) is 16.4. The van der Waals surface area contributed by atoms with Crippen LogP contribution in [0.25, 0.3) is 0 Å². The molecule has 4 N–H and O–H groups in total. The molecule has 0 spiro atoms. The molecule has 3 heterocycles. The highest BCUT2D eigenvalue weighted by atomic mass is 16.2. The molecule has 2 aliphatic rings. The maximum absolute atomic E-state index is 12.5. The molecule has 2 amide bonds. The average Bonchev–Trinajstić information content (AvgIpc) is 3.42. The van der Waals surface area contributed by atoms with E-state index >= 15 is 0 Å². The fourth-order valence-corrected chi connectivity index (χ4v) is 3.89. The number of hydrogen-bond donors (Lipinski definition) is 4. The number of fused-ring (bicyclic) bond motifs is 1. The lowest BCUT2D eigenvalue weighted by Gasteiger charge is -2.14. The lowest BCUT2D eigenvalue weighted by atomic mass is 10.1. The van der Waals surface area contributed by atoms with Gasteiger partial charge in [-0.2, -0.15) is 5.10 Å². The summed E-state index contributed by atoms with van der Waals surface area (Å²) in [7, 11) is 0. The molecule has 8 nitrogen and oxygen atoms in total. The van der Waals surface area contributed by atoms with Crippen LogP contribution in [0.4, 0.5) is 0 Å². The molecule has 0 saturated carbocycles. The van der Waals surface area contributed by atoms with Crippen LogP contribution in [0.2, 0.25) is 0 Å². The van der Waals surface area contributed by atoms with E-state index in [4.69, 9.17) is 0 Å². The van der Waals surface area contributed by atoms with Crippen LogP contribution in [0, 0.1) is 0 Å². The van der Waals surface area contributed by atoms with Crippen molar-refractivity contribution in [3.8, 4) is 0 Å². The van der Waals surface area contributed by atoms with Crippen LogP contribution in [-0.4, -0.2) is 59.6 Å². The third kappa shape index (κ3) is 4.83. The maximum Gasteiger partial charge on any atom is 0.272 e. The van der Waals surface area contributed by atoms with E-state index in [0.717, 1.165) is 49.4 Å². The van der Waals surface area contributed by atoms with E-state index in [1.54, 1.807) is 12.1 Å².